The number of ether oxygens (including phenoxy) is 5. The van der Waals surface area contributed by atoms with Crippen molar-refractivity contribution in [2.45, 2.75) is 19.4 Å². The molecule has 2 aromatic carbocycles. The largest absolute Gasteiger partial charge is 0.493 e. The van der Waals surface area contributed by atoms with Gasteiger partial charge in [0.1, 0.15) is 0 Å². The summed E-state index contributed by atoms with van der Waals surface area (Å²) in [5.41, 5.74) is 1.21. The highest BCUT2D eigenvalue weighted by molar-refractivity contribution is 5.95. The Balaban J connectivity index is 1.55. The van der Waals surface area contributed by atoms with Crippen LogP contribution in [-0.2, 0) is 20.7 Å². The lowest BCUT2D eigenvalue weighted by atomic mass is 10.1. The second-order valence-electron chi connectivity index (χ2n) is 6.06. The number of carbonyl (C=O) groups is 2. The van der Waals surface area contributed by atoms with E-state index in [-0.39, 0.29) is 13.2 Å². The first-order chi connectivity index (χ1) is 13.5. The summed E-state index contributed by atoms with van der Waals surface area (Å²) in [6.45, 7) is 1.66. The predicted molar refractivity (Wildman–Crippen MR) is 100.0 cm³/mol. The Bertz CT molecular complexity index is 881. The molecule has 1 unspecified atom stereocenters. The summed E-state index contributed by atoms with van der Waals surface area (Å²) in [6, 6.07) is 10.2. The zero-order valence-electron chi connectivity index (χ0n) is 15.8. The van der Waals surface area contributed by atoms with E-state index in [0.29, 0.717) is 34.2 Å². The maximum absolute atomic E-state index is 12.3. The summed E-state index contributed by atoms with van der Waals surface area (Å²) in [6.07, 6.45) is -0.958. The third-order valence-corrected chi connectivity index (χ3v) is 4.11. The molecule has 0 saturated heterocycles. The van der Waals surface area contributed by atoms with E-state index in [1.807, 2.05) is 0 Å². The Morgan fingerprint density at radius 2 is 1.79 bits per heavy atom. The topological polar surface area (TPSA) is 92.3 Å². The lowest BCUT2D eigenvalue weighted by Gasteiger charge is -2.14. The van der Waals surface area contributed by atoms with Gasteiger partial charge in [-0.1, -0.05) is 6.07 Å². The molecule has 1 aliphatic heterocycles. The molecule has 1 aliphatic rings. The zero-order valence-corrected chi connectivity index (χ0v) is 15.8. The summed E-state index contributed by atoms with van der Waals surface area (Å²) < 4.78 is 26.1. The van der Waals surface area contributed by atoms with Gasteiger partial charge >= 0.3 is 5.97 Å². The van der Waals surface area contributed by atoms with Gasteiger partial charge in [-0.3, -0.25) is 9.59 Å². The van der Waals surface area contributed by atoms with E-state index in [2.05, 4.69) is 5.32 Å². The average Bonchev–Trinajstić information content (AvgIpc) is 3.15. The molecule has 1 atom stereocenters. The fourth-order valence-corrected chi connectivity index (χ4v) is 2.67. The van der Waals surface area contributed by atoms with Crippen LogP contribution in [0, 0.1) is 0 Å². The molecule has 0 radical (unpaired) electrons. The van der Waals surface area contributed by atoms with E-state index in [1.165, 1.54) is 21.1 Å². The first-order valence-corrected chi connectivity index (χ1v) is 8.61. The lowest BCUT2D eigenvalue weighted by Crippen LogP contribution is -2.30. The zero-order chi connectivity index (χ0) is 20.1. The Hall–Kier alpha value is -3.42. The second-order valence-corrected chi connectivity index (χ2v) is 6.06. The number of anilines is 1. The van der Waals surface area contributed by atoms with Gasteiger partial charge in [-0.05, 0) is 36.8 Å². The van der Waals surface area contributed by atoms with E-state index in [4.69, 9.17) is 23.7 Å². The fraction of sp³-hybridized carbons (Fsp3) is 0.300. The molecule has 0 fully saturated rings. The third kappa shape index (κ3) is 4.46. The number of hydrogen-bond donors (Lipinski definition) is 1. The van der Waals surface area contributed by atoms with Crippen LogP contribution in [-0.4, -0.2) is 39.0 Å². The smallest absolute Gasteiger partial charge is 0.311 e. The Morgan fingerprint density at radius 1 is 1.04 bits per heavy atom. The van der Waals surface area contributed by atoms with Crippen LogP contribution in [0.5, 0.6) is 23.0 Å². The molecule has 1 N–H and O–H groups in total. The number of carbonyl (C=O) groups excluding carboxylic acids is 2. The summed E-state index contributed by atoms with van der Waals surface area (Å²) in [7, 11) is 3.05. The van der Waals surface area contributed by atoms with Gasteiger partial charge in [0, 0.05) is 11.8 Å². The van der Waals surface area contributed by atoms with E-state index in [1.54, 1.807) is 36.4 Å². The van der Waals surface area contributed by atoms with Gasteiger partial charge in [0.25, 0.3) is 5.91 Å². The summed E-state index contributed by atoms with van der Waals surface area (Å²) in [4.78, 5) is 24.5. The fourth-order valence-electron chi connectivity index (χ4n) is 2.67. The molecule has 2 aromatic rings. The Morgan fingerprint density at radius 3 is 2.54 bits per heavy atom. The number of fused-ring (bicyclic) bond motifs is 1. The van der Waals surface area contributed by atoms with Gasteiger partial charge in [-0.2, -0.15) is 0 Å². The van der Waals surface area contributed by atoms with E-state index >= 15 is 0 Å². The number of rotatable bonds is 7. The number of esters is 1. The molecule has 148 valence electrons. The molecular formula is C20H21NO7. The normalized spacial score (nSPS) is 12.8. The molecule has 0 saturated carbocycles. The first-order valence-electron chi connectivity index (χ1n) is 8.61. The van der Waals surface area contributed by atoms with Crippen LogP contribution >= 0.6 is 0 Å². The highest BCUT2D eigenvalue weighted by atomic mass is 16.7. The maximum atomic E-state index is 12.3. The van der Waals surface area contributed by atoms with Crippen LogP contribution in [0.4, 0.5) is 5.69 Å². The van der Waals surface area contributed by atoms with Gasteiger partial charge in [0.2, 0.25) is 6.79 Å². The minimum Gasteiger partial charge on any atom is -0.493 e. The first kappa shape index (κ1) is 19.3. The summed E-state index contributed by atoms with van der Waals surface area (Å²) >= 11 is 0. The standard InChI is InChI=1S/C20H21NO7/c1-12(20(23)21-14-5-7-16-18(10-14)27-11-26-16)28-19(22)9-13-4-6-15(24-2)17(8-13)25-3/h4-8,10,12H,9,11H2,1-3H3,(H,21,23). The van der Waals surface area contributed by atoms with Gasteiger partial charge in [-0.25, -0.2) is 0 Å². The summed E-state index contributed by atoms with van der Waals surface area (Å²) in [5, 5.41) is 2.69. The minimum absolute atomic E-state index is 0.00198. The molecule has 1 heterocycles. The van der Waals surface area contributed by atoms with Gasteiger partial charge in [0.15, 0.2) is 29.1 Å². The van der Waals surface area contributed by atoms with Crippen LogP contribution in [0.3, 0.4) is 0 Å². The van der Waals surface area contributed by atoms with Crippen LogP contribution in [0.15, 0.2) is 36.4 Å². The number of nitrogens with one attached hydrogen (secondary N) is 1. The SMILES string of the molecule is COc1ccc(CC(=O)OC(C)C(=O)Nc2ccc3c(c2)OCO3)cc1OC. The summed E-state index contributed by atoms with van der Waals surface area (Å²) in [5.74, 6) is 1.28. The predicted octanol–water partition coefficient (Wildman–Crippen LogP) is 2.55. The van der Waals surface area contributed by atoms with Gasteiger partial charge in [-0.15, -0.1) is 0 Å². The molecule has 8 nitrogen and oxygen atoms in total. The number of benzene rings is 2. The van der Waals surface area contributed by atoms with Gasteiger partial charge < -0.3 is 29.0 Å². The molecule has 28 heavy (non-hydrogen) atoms. The van der Waals surface area contributed by atoms with E-state index < -0.39 is 18.0 Å². The molecule has 0 aliphatic carbocycles. The molecule has 1 amide bonds. The Kier molecular flexibility index (Phi) is 5.88. The average molecular weight is 387 g/mol. The quantitative estimate of drug-likeness (QED) is 0.730. The van der Waals surface area contributed by atoms with Crippen molar-refractivity contribution in [3.05, 3.63) is 42.0 Å². The van der Waals surface area contributed by atoms with Crippen molar-refractivity contribution in [3.63, 3.8) is 0 Å². The van der Waals surface area contributed by atoms with Crippen molar-refractivity contribution in [1.29, 1.82) is 0 Å². The lowest BCUT2D eigenvalue weighted by molar-refractivity contribution is -0.152. The third-order valence-electron chi connectivity index (χ3n) is 4.11. The highest BCUT2D eigenvalue weighted by Gasteiger charge is 2.20. The van der Waals surface area contributed by atoms with Crippen LogP contribution in [0.25, 0.3) is 0 Å². The number of amides is 1. The number of methoxy groups -OCH3 is 2. The van der Waals surface area contributed by atoms with Crippen molar-refractivity contribution in [1.82, 2.24) is 0 Å². The maximum Gasteiger partial charge on any atom is 0.311 e. The number of hydrogen-bond acceptors (Lipinski definition) is 7. The molecule has 0 aromatic heterocycles. The van der Waals surface area contributed by atoms with E-state index in [0.717, 1.165) is 0 Å². The molecular weight excluding hydrogens is 366 g/mol. The van der Waals surface area contributed by atoms with Crippen LogP contribution in [0.1, 0.15) is 12.5 Å². The van der Waals surface area contributed by atoms with Crippen molar-refractivity contribution in [3.8, 4) is 23.0 Å². The molecule has 8 heteroatoms. The van der Waals surface area contributed by atoms with Crippen LogP contribution in [0.2, 0.25) is 0 Å². The second kappa shape index (κ2) is 8.51. The van der Waals surface area contributed by atoms with Gasteiger partial charge in [0.05, 0.1) is 20.6 Å². The van der Waals surface area contributed by atoms with E-state index in [9.17, 15) is 9.59 Å². The monoisotopic (exact) mass is 387 g/mol. The van der Waals surface area contributed by atoms with Crippen molar-refractivity contribution in [2.75, 3.05) is 26.3 Å². The van der Waals surface area contributed by atoms with Crippen LogP contribution < -0.4 is 24.3 Å². The molecule has 3 rings (SSSR count). The minimum atomic E-state index is -0.960. The molecule has 0 spiro atoms. The Labute approximate surface area is 162 Å². The molecule has 0 bridgehead atoms. The van der Waals surface area contributed by atoms with Crippen molar-refractivity contribution in [2.24, 2.45) is 0 Å². The highest BCUT2D eigenvalue weighted by Crippen LogP contribution is 2.34. The van der Waals surface area contributed by atoms with Crippen molar-refractivity contribution < 1.29 is 33.3 Å². The van der Waals surface area contributed by atoms with Crippen molar-refractivity contribution >= 4 is 17.6 Å².